The third-order valence-electron chi connectivity index (χ3n) is 3.63. The number of rotatable bonds is 8. The summed E-state index contributed by atoms with van der Waals surface area (Å²) in [4.78, 5) is 24.4. The Morgan fingerprint density at radius 3 is 2.43 bits per heavy atom. The number of nitrogens with zero attached hydrogens (tertiary/aromatic N) is 1. The molecule has 1 unspecified atom stereocenters. The Hall–Kier alpha value is -1.89. The fourth-order valence-corrected chi connectivity index (χ4v) is 3.41. The van der Waals surface area contributed by atoms with Gasteiger partial charge in [-0.25, -0.2) is 4.79 Å². The van der Waals surface area contributed by atoms with Crippen LogP contribution in [0.3, 0.4) is 0 Å². The normalized spacial score (nSPS) is 15.4. The van der Waals surface area contributed by atoms with Crippen molar-refractivity contribution in [2.45, 2.75) is 19.3 Å². The van der Waals surface area contributed by atoms with E-state index >= 15 is 0 Å². The molecule has 23 heavy (non-hydrogen) atoms. The molecule has 6 nitrogen and oxygen atoms in total. The van der Waals surface area contributed by atoms with Crippen molar-refractivity contribution >= 4 is 22.7 Å². The van der Waals surface area contributed by atoms with Crippen LogP contribution in [0, 0.1) is 0 Å². The van der Waals surface area contributed by atoms with Crippen molar-refractivity contribution in [2.75, 3.05) is 31.2 Å². The Morgan fingerprint density at radius 1 is 1.17 bits per heavy atom. The zero-order valence-corrected chi connectivity index (χ0v) is 13.7. The Labute approximate surface area is 137 Å². The maximum absolute atomic E-state index is 11.9. The SMILES string of the molecule is O=C(O)c1ccc(OCCCS(=O)CC(=O)N2CCCC2)cc1. The molecule has 1 aliphatic rings. The number of carbonyl (C=O) groups is 2. The van der Waals surface area contributed by atoms with Gasteiger partial charge >= 0.3 is 5.97 Å². The molecule has 1 N–H and O–H groups in total. The van der Waals surface area contributed by atoms with Gasteiger partial charge in [-0.1, -0.05) is 0 Å². The summed E-state index contributed by atoms with van der Waals surface area (Å²) in [5.74, 6) is 0.0923. The number of benzene rings is 1. The predicted octanol–water partition coefficient (Wildman–Crippen LogP) is 1.52. The number of carbonyl (C=O) groups excluding carboxylic acids is 1. The van der Waals surface area contributed by atoms with Gasteiger partial charge in [0.25, 0.3) is 0 Å². The predicted molar refractivity (Wildman–Crippen MR) is 87.2 cm³/mol. The van der Waals surface area contributed by atoms with Gasteiger partial charge in [-0.05, 0) is 43.5 Å². The highest BCUT2D eigenvalue weighted by Crippen LogP contribution is 2.12. The molecule has 0 aromatic heterocycles. The number of ether oxygens (including phenoxy) is 1. The number of carboxylic acids is 1. The summed E-state index contributed by atoms with van der Waals surface area (Å²) in [7, 11) is -1.16. The highest BCUT2D eigenvalue weighted by molar-refractivity contribution is 7.85. The molecule has 1 aliphatic heterocycles. The average molecular weight is 339 g/mol. The van der Waals surface area contributed by atoms with E-state index in [2.05, 4.69) is 0 Å². The van der Waals surface area contributed by atoms with Crippen LogP contribution in [0.1, 0.15) is 29.6 Å². The van der Waals surface area contributed by atoms with Gasteiger partial charge in [0.1, 0.15) is 11.5 Å². The largest absolute Gasteiger partial charge is 0.494 e. The summed E-state index contributed by atoms with van der Waals surface area (Å²) in [6, 6.07) is 6.14. The Kier molecular flexibility index (Phi) is 6.58. The van der Waals surface area contributed by atoms with Crippen LogP contribution < -0.4 is 4.74 Å². The summed E-state index contributed by atoms with van der Waals surface area (Å²) >= 11 is 0. The second kappa shape index (κ2) is 8.67. The molecule has 1 aromatic carbocycles. The first-order valence-corrected chi connectivity index (χ1v) is 9.14. The van der Waals surface area contributed by atoms with Crippen LogP contribution in [-0.4, -0.2) is 57.3 Å². The lowest BCUT2D eigenvalue weighted by atomic mass is 10.2. The van der Waals surface area contributed by atoms with Crippen LogP contribution in [0.4, 0.5) is 0 Å². The molecule has 7 heteroatoms. The van der Waals surface area contributed by atoms with E-state index in [1.807, 2.05) is 0 Å². The first kappa shape index (κ1) is 17.5. The number of likely N-dealkylation sites (tertiary alicyclic amines) is 1. The van der Waals surface area contributed by atoms with Crippen LogP contribution in [0.15, 0.2) is 24.3 Å². The number of carboxylic acid groups (broad SMARTS) is 1. The molecular formula is C16H21NO5S. The molecule has 1 heterocycles. The average Bonchev–Trinajstić information content (AvgIpc) is 3.06. The van der Waals surface area contributed by atoms with Crippen LogP contribution >= 0.6 is 0 Å². The van der Waals surface area contributed by atoms with Crippen molar-refractivity contribution in [2.24, 2.45) is 0 Å². The molecule has 0 saturated carbocycles. The van der Waals surface area contributed by atoms with Crippen LogP contribution in [0.2, 0.25) is 0 Å². The highest BCUT2D eigenvalue weighted by Gasteiger charge is 2.19. The summed E-state index contributed by atoms with van der Waals surface area (Å²) < 4.78 is 17.4. The molecule has 1 amide bonds. The van der Waals surface area contributed by atoms with E-state index < -0.39 is 16.8 Å². The minimum atomic E-state index is -1.16. The summed E-state index contributed by atoms with van der Waals surface area (Å²) in [6.45, 7) is 1.95. The third-order valence-corrected chi connectivity index (χ3v) is 4.94. The monoisotopic (exact) mass is 339 g/mol. The zero-order chi connectivity index (χ0) is 16.7. The van der Waals surface area contributed by atoms with Crippen LogP contribution in [0.25, 0.3) is 0 Å². The maximum atomic E-state index is 11.9. The Bertz CT molecular complexity index is 566. The molecular weight excluding hydrogens is 318 g/mol. The van der Waals surface area contributed by atoms with Crippen LogP contribution in [-0.2, 0) is 15.6 Å². The van der Waals surface area contributed by atoms with Gasteiger partial charge in [0.15, 0.2) is 0 Å². The minimum absolute atomic E-state index is 0.0222. The standard InChI is InChI=1S/C16H21NO5S/c18-15(17-8-1-2-9-17)12-23(21)11-3-10-22-14-6-4-13(5-7-14)16(19)20/h4-7H,1-3,8-12H2,(H,19,20). The fourth-order valence-electron chi connectivity index (χ4n) is 2.37. The van der Waals surface area contributed by atoms with Crippen molar-refractivity contribution in [3.05, 3.63) is 29.8 Å². The Balaban J connectivity index is 1.63. The first-order valence-electron chi connectivity index (χ1n) is 7.65. The number of amides is 1. The van der Waals surface area contributed by atoms with Crippen LogP contribution in [0.5, 0.6) is 5.75 Å². The molecule has 1 atom stereocenters. The molecule has 1 saturated heterocycles. The number of hydrogen-bond donors (Lipinski definition) is 1. The van der Waals surface area contributed by atoms with Gasteiger partial charge < -0.3 is 14.7 Å². The van der Waals surface area contributed by atoms with Crippen molar-refractivity contribution < 1.29 is 23.6 Å². The van der Waals surface area contributed by atoms with Gasteiger partial charge in [0.2, 0.25) is 5.91 Å². The lowest BCUT2D eigenvalue weighted by molar-refractivity contribution is -0.127. The van der Waals surface area contributed by atoms with Crippen molar-refractivity contribution in [1.29, 1.82) is 0 Å². The molecule has 1 fully saturated rings. The lowest BCUT2D eigenvalue weighted by Crippen LogP contribution is -2.32. The highest BCUT2D eigenvalue weighted by atomic mass is 32.2. The molecule has 126 valence electrons. The molecule has 2 rings (SSSR count). The van der Waals surface area contributed by atoms with Gasteiger partial charge in [0, 0.05) is 29.6 Å². The second-order valence-electron chi connectivity index (χ2n) is 5.41. The Morgan fingerprint density at radius 2 is 1.83 bits per heavy atom. The zero-order valence-electron chi connectivity index (χ0n) is 12.9. The summed E-state index contributed by atoms with van der Waals surface area (Å²) in [5, 5.41) is 8.80. The summed E-state index contributed by atoms with van der Waals surface area (Å²) in [6.07, 6.45) is 2.65. The van der Waals surface area contributed by atoms with E-state index in [4.69, 9.17) is 9.84 Å². The van der Waals surface area contributed by atoms with Gasteiger partial charge in [0.05, 0.1) is 12.2 Å². The van der Waals surface area contributed by atoms with Crippen molar-refractivity contribution in [3.8, 4) is 5.75 Å². The second-order valence-corrected chi connectivity index (χ2v) is 6.98. The minimum Gasteiger partial charge on any atom is -0.494 e. The van der Waals surface area contributed by atoms with Gasteiger partial charge in [-0.3, -0.25) is 9.00 Å². The topological polar surface area (TPSA) is 83.9 Å². The van der Waals surface area contributed by atoms with Gasteiger partial charge in [-0.2, -0.15) is 0 Å². The summed E-state index contributed by atoms with van der Waals surface area (Å²) in [5.41, 5.74) is 0.207. The molecule has 0 radical (unpaired) electrons. The molecule has 0 spiro atoms. The number of hydrogen-bond acceptors (Lipinski definition) is 4. The third kappa shape index (κ3) is 5.67. The lowest BCUT2D eigenvalue weighted by Gasteiger charge is -2.14. The quantitative estimate of drug-likeness (QED) is 0.726. The van der Waals surface area contributed by atoms with Gasteiger partial charge in [-0.15, -0.1) is 0 Å². The van der Waals surface area contributed by atoms with E-state index in [0.717, 1.165) is 25.9 Å². The fraction of sp³-hybridized carbons (Fsp3) is 0.500. The van der Waals surface area contributed by atoms with Crippen molar-refractivity contribution in [3.63, 3.8) is 0 Å². The molecule has 1 aromatic rings. The van der Waals surface area contributed by atoms with E-state index in [1.165, 1.54) is 12.1 Å². The van der Waals surface area contributed by atoms with Crippen molar-refractivity contribution in [1.82, 2.24) is 4.90 Å². The van der Waals surface area contributed by atoms with E-state index in [1.54, 1.807) is 17.0 Å². The van der Waals surface area contributed by atoms with E-state index in [-0.39, 0.29) is 17.2 Å². The maximum Gasteiger partial charge on any atom is 0.335 e. The molecule has 0 bridgehead atoms. The molecule has 0 aliphatic carbocycles. The number of aromatic carboxylic acids is 1. The van der Waals surface area contributed by atoms with E-state index in [9.17, 15) is 13.8 Å². The smallest absolute Gasteiger partial charge is 0.335 e. The first-order chi connectivity index (χ1) is 11.1. The van der Waals surface area contributed by atoms with E-state index in [0.29, 0.717) is 24.5 Å².